The van der Waals surface area contributed by atoms with Gasteiger partial charge in [0.15, 0.2) is 6.29 Å². The topological polar surface area (TPSA) is 36.3 Å². The van der Waals surface area contributed by atoms with E-state index in [1.807, 2.05) is 10.8 Å². The Bertz CT molecular complexity index is 342. The van der Waals surface area contributed by atoms with Crippen LogP contribution in [0.5, 0.6) is 0 Å². The molecule has 0 unspecified atom stereocenters. The van der Waals surface area contributed by atoms with Crippen LogP contribution in [0.1, 0.15) is 19.3 Å². The number of ether oxygens (including phenoxy) is 2. The van der Waals surface area contributed by atoms with Gasteiger partial charge in [0.05, 0.1) is 12.4 Å². The molecule has 0 bridgehead atoms. The Kier molecular flexibility index (Phi) is 3.97. The lowest BCUT2D eigenvalue weighted by Crippen LogP contribution is -2.32. The molecule has 0 saturated carbocycles. The van der Waals surface area contributed by atoms with E-state index in [1.165, 1.54) is 0 Å². The Morgan fingerprint density at radius 2 is 2.50 bits per heavy atom. The molecule has 4 nitrogen and oxygen atoms in total. The highest BCUT2D eigenvalue weighted by Gasteiger charge is 2.22. The minimum absolute atomic E-state index is 0.140. The molecule has 1 aromatic heterocycles. The summed E-state index contributed by atoms with van der Waals surface area (Å²) in [7, 11) is 0. The van der Waals surface area contributed by atoms with E-state index in [1.54, 1.807) is 12.5 Å². The summed E-state index contributed by atoms with van der Waals surface area (Å²) < 4.78 is 13.2. The highest BCUT2D eigenvalue weighted by Crippen LogP contribution is 2.20. The standard InChI is InChI=1S/C12H16N2O2/c1-2-8-15-12-5-3-4-11(16-12)9-14-7-6-13-10-14/h1,6-7,10-12H,3-5,8-9H2/t11-,12+/m1/s1. The molecule has 2 atom stereocenters. The van der Waals surface area contributed by atoms with Crippen LogP contribution in [0.3, 0.4) is 0 Å². The van der Waals surface area contributed by atoms with Gasteiger partial charge in [0, 0.05) is 18.9 Å². The summed E-state index contributed by atoms with van der Waals surface area (Å²) in [4.78, 5) is 4.01. The molecule has 0 aliphatic carbocycles. The van der Waals surface area contributed by atoms with E-state index < -0.39 is 0 Å². The number of aromatic nitrogens is 2. The smallest absolute Gasteiger partial charge is 0.159 e. The first kappa shape index (κ1) is 11.2. The summed E-state index contributed by atoms with van der Waals surface area (Å²) in [5.74, 6) is 2.46. The van der Waals surface area contributed by atoms with Crippen LogP contribution in [0.2, 0.25) is 0 Å². The number of hydrogen-bond acceptors (Lipinski definition) is 3. The quantitative estimate of drug-likeness (QED) is 0.720. The lowest BCUT2D eigenvalue weighted by Gasteiger charge is -2.29. The Labute approximate surface area is 95.6 Å². The van der Waals surface area contributed by atoms with Crippen molar-refractivity contribution in [3.63, 3.8) is 0 Å². The van der Waals surface area contributed by atoms with Gasteiger partial charge in [0.25, 0.3) is 0 Å². The number of terminal acetylenes is 1. The molecule has 1 saturated heterocycles. The van der Waals surface area contributed by atoms with E-state index in [0.29, 0.717) is 6.61 Å². The van der Waals surface area contributed by atoms with Crippen LogP contribution >= 0.6 is 0 Å². The number of rotatable bonds is 4. The van der Waals surface area contributed by atoms with E-state index >= 15 is 0 Å². The maximum absolute atomic E-state index is 5.80. The van der Waals surface area contributed by atoms with Crippen LogP contribution in [0.4, 0.5) is 0 Å². The van der Waals surface area contributed by atoms with Gasteiger partial charge < -0.3 is 14.0 Å². The second-order valence-corrected chi connectivity index (χ2v) is 3.89. The van der Waals surface area contributed by atoms with Crippen molar-refractivity contribution in [2.45, 2.75) is 38.2 Å². The molecule has 1 aromatic rings. The molecule has 1 aliphatic heterocycles. The summed E-state index contributed by atoms with van der Waals surface area (Å²) >= 11 is 0. The van der Waals surface area contributed by atoms with Crippen LogP contribution in [0.25, 0.3) is 0 Å². The maximum Gasteiger partial charge on any atom is 0.159 e. The zero-order chi connectivity index (χ0) is 11.2. The second kappa shape index (κ2) is 5.69. The molecule has 0 aromatic carbocycles. The molecule has 2 heterocycles. The van der Waals surface area contributed by atoms with E-state index in [4.69, 9.17) is 15.9 Å². The Morgan fingerprint density at radius 3 is 3.25 bits per heavy atom. The fraction of sp³-hybridized carbons (Fsp3) is 0.583. The van der Waals surface area contributed by atoms with Gasteiger partial charge >= 0.3 is 0 Å². The SMILES string of the molecule is C#CCO[C@@H]1CCC[C@H](Cn2ccnc2)O1. The zero-order valence-electron chi connectivity index (χ0n) is 9.21. The largest absolute Gasteiger partial charge is 0.348 e. The van der Waals surface area contributed by atoms with Crippen LogP contribution < -0.4 is 0 Å². The number of hydrogen-bond donors (Lipinski definition) is 0. The van der Waals surface area contributed by atoms with Crippen LogP contribution in [-0.2, 0) is 16.0 Å². The van der Waals surface area contributed by atoms with Gasteiger partial charge in [-0.3, -0.25) is 0 Å². The van der Waals surface area contributed by atoms with Gasteiger partial charge in [-0.1, -0.05) is 5.92 Å². The summed E-state index contributed by atoms with van der Waals surface area (Å²) in [5.41, 5.74) is 0. The van der Waals surface area contributed by atoms with E-state index in [-0.39, 0.29) is 12.4 Å². The van der Waals surface area contributed by atoms with Crippen LogP contribution in [0, 0.1) is 12.3 Å². The fourth-order valence-electron chi connectivity index (χ4n) is 1.89. The van der Waals surface area contributed by atoms with Gasteiger partial charge in [-0.15, -0.1) is 6.42 Å². The molecule has 1 aliphatic rings. The molecule has 86 valence electrons. The second-order valence-electron chi connectivity index (χ2n) is 3.89. The molecule has 2 rings (SSSR count). The number of imidazole rings is 1. The van der Waals surface area contributed by atoms with Crippen molar-refractivity contribution < 1.29 is 9.47 Å². The molecule has 0 radical (unpaired) electrons. The van der Waals surface area contributed by atoms with Gasteiger partial charge in [-0.25, -0.2) is 4.98 Å². The average molecular weight is 220 g/mol. The van der Waals surface area contributed by atoms with Crippen LogP contribution in [0.15, 0.2) is 18.7 Å². The lowest BCUT2D eigenvalue weighted by molar-refractivity contribution is -0.189. The molecular formula is C12H16N2O2. The minimum Gasteiger partial charge on any atom is -0.348 e. The normalized spacial score (nSPS) is 25.2. The van der Waals surface area contributed by atoms with Crippen molar-refractivity contribution >= 4 is 0 Å². The third kappa shape index (κ3) is 3.09. The Balaban J connectivity index is 1.80. The van der Waals surface area contributed by atoms with Gasteiger partial charge in [0.2, 0.25) is 0 Å². The molecular weight excluding hydrogens is 204 g/mol. The molecule has 4 heteroatoms. The summed E-state index contributed by atoms with van der Waals surface area (Å²) in [6.45, 7) is 1.15. The first-order valence-electron chi connectivity index (χ1n) is 5.55. The highest BCUT2D eigenvalue weighted by molar-refractivity contribution is 4.83. The Hall–Kier alpha value is -1.31. The minimum atomic E-state index is -0.140. The van der Waals surface area contributed by atoms with Crippen molar-refractivity contribution in [3.8, 4) is 12.3 Å². The molecule has 0 spiro atoms. The highest BCUT2D eigenvalue weighted by atomic mass is 16.7. The monoisotopic (exact) mass is 220 g/mol. The van der Waals surface area contributed by atoms with E-state index in [0.717, 1.165) is 25.8 Å². The van der Waals surface area contributed by atoms with Crippen molar-refractivity contribution in [2.24, 2.45) is 0 Å². The van der Waals surface area contributed by atoms with Gasteiger partial charge in [-0.2, -0.15) is 0 Å². The van der Waals surface area contributed by atoms with Crippen molar-refractivity contribution in [1.82, 2.24) is 9.55 Å². The first-order valence-corrected chi connectivity index (χ1v) is 5.55. The van der Waals surface area contributed by atoms with Gasteiger partial charge in [-0.05, 0) is 19.3 Å². The summed E-state index contributed by atoms with van der Waals surface area (Å²) in [6.07, 6.45) is 13.8. The molecule has 1 fully saturated rings. The third-order valence-electron chi connectivity index (χ3n) is 2.64. The summed E-state index contributed by atoms with van der Waals surface area (Å²) in [6, 6.07) is 0. The molecule has 0 amide bonds. The van der Waals surface area contributed by atoms with Crippen molar-refractivity contribution in [1.29, 1.82) is 0 Å². The lowest BCUT2D eigenvalue weighted by atomic mass is 10.1. The number of nitrogens with zero attached hydrogens (tertiary/aromatic N) is 2. The first-order chi connectivity index (χ1) is 7.88. The third-order valence-corrected chi connectivity index (χ3v) is 2.64. The predicted molar refractivity (Wildman–Crippen MR) is 59.5 cm³/mol. The van der Waals surface area contributed by atoms with E-state index in [2.05, 4.69) is 10.9 Å². The van der Waals surface area contributed by atoms with E-state index in [9.17, 15) is 0 Å². The average Bonchev–Trinajstić information content (AvgIpc) is 2.80. The van der Waals surface area contributed by atoms with Crippen molar-refractivity contribution in [3.05, 3.63) is 18.7 Å². The maximum atomic E-state index is 5.80. The summed E-state index contributed by atoms with van der Waals surface area (Å²) in [5, 5.41) is 0. The predicted octanol–water partition coefficient (Wildman–Crippen LogP) is 1.43. The van der Waals surface area contributed by atoms with Crippen molar-refractivity contribution in [2.75, 3.05) is 6.61 Å². The van der Waals surface area contributed by atoms with Gasteiger partial charge in [0.1, 0.15) is 6.61 Å². The Morgan fingerprint density at radius 1 is 1.56 bits per heavy atom. The zero-order valence-corrected chi connectivity index (χ0v) is 9.21. The fourth-order valence-corrected chi connectivity index (χ4v) is 1.89. The van der Waals surface area contributed by atoms with Crippen LogP contribution in [-0.4, -0.2) is 28.6 Å². The molecule has 0 N–H and O–H groups in total. The molecule has 16 heavy (non-hydrogen) atoms.